The molecule has 0 saturated carbocycles. The Labute approximate surface area is 93.5 Å². The van der Waals surface area contributed by atoms with Crippen LogP contribution in [-0.4, -0.2) is 28.0 Å². The summed E-state index contributed by atoms with van der Waals surface area (Å²) in [6, 6.07) is 10.8. The number of benzene rings is 1. The first-order valence-corrected chi connectivity index (χ1v) is 7.39. The molecule has 0 aliphatic rings. The number of hydrogen-bond acceptors (Lipinski definition) is 1. The monoisotopic (exact) mass is 257 g/mol. The molecule has 0 fully saturated rings. The molecule has 0 aromatic heterocycles. The van der Waals surface area contributed by atoms with E-state index in [4.69, 9.17) is 0 Å². The first-order chi connectivity index (χ1) is 6.93. The molecule has 0 spiro atoms. The summed E-state index contributed by atoms with van der Waals surface area (Å²) >= 11 is 0.653. The zero-order valence-corrected chi connectivity index (χ0v) is 10.5. The molecule has 1 N–H and O–H groups in total. The minimum absolute atomic E-state index is 0.653. The van der Waals surface area contributed by atoms with Crippen molar-refractivity contribution in [3.8, 4) is 0 Å². The van der Waals surface area contributed by atoms with Crippen LogP contribution in [0, 0.1) is 0 Å². The van der Waals surface area contributed by atoms with E-state index in [9.17, 15) is 0 Å². The van der Waals surface area contributed by atoms with Crippen LogP contribution >= 0.6 is 0 Å². The van der Waals surface area contributed by atoms with Gasteiger partial charge in [0.2, 0.25) is 0 Å². The topological polar surface area (TPSA) is 12.0 Å². The summed E-state index contributed by atoms with van der Waals surface area (Å²) in [7, 11) is 0. The third-order valence-corrected chi connectivity index (χ3v) is 4.12. The molecule has 1 nitrogen and oxygen atoms in total. The van der Waals surface area contributed by atoms with E-state index in [1.54, 1.807) is 0 Å². The van der Waals surface area contributed by atoms with Crippen molar-refractivity contribution in [2.75, 3.05) is 13.1 Å². The molecule has 0 bridgehead atoms. The molecular formula is C12H19NSe. The first-order valence-electron chi connectivity index (χ1n) is 5.32. The van der Waals surface area contributed by atoms with Crippen LogP contribution in [0.5, 0.6) is 0 Å². The minimum atomic E-state index is 0.653. The molecule has 0 saturated heterocycles. The molecule has 1 aromatic rings. The van der Waals surface area contributed by atoms with Gasteiger partial charge in [0.25, 0.3) is 0 Å². The summed E-state index contributed by atoms with van der Waals surface area (Å²) in [5.74, 6) is 0. The summed E-state index contributed by atoms with van der Waals surface area (Å²) in [5.41, 5.74) is 0. The molecule has 0 unspecified atom stereocenters. The van der Waals surface area contributed by atoms with Gasteiger partial charge in [-0.25, -0.2) is 0 Å². The number of rotatable bonds is 7. The molecule has 2 heteroatoms. The SMILES string of the molecule is CCCCNCC[Se]c1ccccc1. The average Bonchev–Trinajstić information content (AvgIpc) is 2.25. The molecule has 0 atom stereocenters. The van der Waals surface area contributed by atoms with Crippen molar-refractivity contribution in [2.45, 2.75) is 25.1 Å². The van der Waals surface area contributed by atoms with E-state index in [2.05, 4.69) is 42.6 Å². The van der Waals surface area contributed by atoms with Crippen LogP contribution in [0.15, 0.2) is 30.3 Å². The maximum atomic E-state index is 3.47. The van der Waals surface area contributed by atoms with Crippen molar-refractivity contribution in [2.24, 2.45) is 0 Å². The van der Waals surface area contributed by atoms with E-state index >= 15 is 0 Å². The molecule has 14 heavy (non-hydrogen) atoms. The van der Waals surface area contributed by atoms with Gasteiger partial charge >= 0.3 is 93.2 Å². The fourth-order valence-corrected chi connectivity index (χ4v) is 2.93. The Kier molecular flexibility index (Phi) is 6.76. The third-order valence-electron chi connectivity index (χ3n) is 2.00. The van der Waals surface area contributed by atoms with E-state index in [1.165, 1.54) is 35.7 Å². The zero-order chi connectivity index (χ0) is 10.1. The van der Waals surface area contributed by atoms with Crippen LogP contribution in [-0.2, 0) is 0 Å². The first kappa shape index (κ1) is 11.8. The normalized spacial score (nSPS) is 10.4. The van der Waals surface area contributed by atoms with Gasteiger partial charge in [-0.1, -0.05) is 0 Å². The van der Waals surface area contributed by atoms with Crippen molar-refractivity contribution >= 4 is 19.4 Å². The fraction of sp³-hybridized carbons (Fsp3) is 0.500. The van der Waals surface area contributed by atoms with Gasteiger partial charge in [-0.2, -0.15) is 0 Å². The average molecular weight is 256 g/mol. The summed E-state index contributed by atoms with van der Waals surface area (Å²) in [6.07, 6.45) is 2.59. The van der Waals surface area contributed by atoms with Gasteiger partial charge in [-0.3, -0.25) is 0 Å². The molecule has 0 heterocycles. The van der Waals surface area contributed by atoms with Crippen molar-refractivity contribution < 1.29 is 0 Å². The van der Waals surface area contributed by atoms with Gasteiger partial charge < -0.3 is 0 Å². The van der Waals surface area contributed by atoms with Gasteiger partial charge in [0, 0.05) is 0 Å². The van der Waals surface area contributed by atoms with E-state index in [-0.39, 0.29) is 0 Å². The summed E-state index contributed by atoms with van der Waals surface area (Å²) in [4.78, 5) is 0. The third kappa shape index (κ3) is 5.43. The van der Waals surface area contributed by atoms with Gasteiger partial charge in [-0.15, -0.1) is 0 Å². The molecule has 1 rings (SSSR count). The second-order valence-electron chi connectivity index (χ2n) is 3.27. The molecule has 1 aromatic carbocycles. The van der Waals surface area contributed by atoms with E-state index < -0.39 is 0 Å². The predicted molar refractivity (Wildman–Crippen MR) is 64.4 cm³/mol. The van der Waals surface area contributed by atoms with Crippen molar-refractivity contribution in [1.29, 1.82) is 0 Å². The van der Waals surface area contributed by atoms with Crippen LogP contribution in [0.2, 0.25) is 5.32 Å². The Morgan fingerprint density at radius 1 is 1.14 bits per heavy atom. The van der Waals surface area contributed by atoms with Crippen LogP contribution in [0.4, 0.5) is 0 Å². The molecule has 0 aliphatic carbocycles. The molecule has 0 radical (unpaired) electrons. The van der Waals surface area contributed by atoms with Crippen LogP contribution in [0.1, 0.15) is 19.8 Å². The van der Waals surface area contributed by atoms with Crippen molar-refractivity contribution in [1.82, 2.24) is 5.32 Å². The van der Waals surface area contributed by atoms with Gasteiger partial charge in [0.15, 0.2) is 0 Å². The second-order valence-corrected chi connectivity index (χ2v) is 5.72. The van der Waals surface area contributed by atoms with Gasteiger partial charge in [0.05, 0.1) is 0 Å². The molecule has 0 amide bonds. The molecular weight excluding hydrogens is 237 g/mol. The quantitative estimate of drug-likeness (QED) is 0.579. The Bertz CT molecular complexity index is 223. The zero-order valence-electron chi connectivity index (χ0n) is 8.83. The van der Waals surface area contributed by atoms with Gasteiger partial charge in [-0.05, 0) is 0 Å². The predicted octanol–water partition coefficient (Wildman–Crippen LogP) is 1.82. The van der Waals surface area contributed by atoms with Crippen molar-refractivity contribution in [3.63, 3.8) is 0 Å². The Morgan fingerprint density at radius 2 is 1.93 bits per heavy atom. The maximum absolute atomic E-state index is 3.47. The summed E-state index contributed by atoms with van der Waals surface area (Å²) < 4.78 is 1.51. The van der Waals surface area contributed by atoms with Crippen LogP contribution in [0.25, 0.3) is 0 Å². The van der Waals surface area contributed by atoms with Gasteiger partial charge in [0.1, 0.15) is 0 Å². The fourth-order valence-electron chi connectivity index (χ4n) is 1.18. The number of hydrogen-bond donors (Lipinski definition) is 1. The van der Waals surface area contributed by atoms with Crippen LogP contribution < -0.4 is 9.78 Å². The Morgan fingerprint density at radius 3 is 2.64 bits per heavy atom. The van der Waals surface area contributed by atoms with E-state index in [0.29, 0.717) is 15.0 Å². The second kappa shape index (κ2) is 8.04. The Hall–Kier alpha value is -0.301. The molecule has 78 valence electrons. The summed E-state index contributed by atoms with van der Waals surface area (Å²) in [5, 5.41) is 4.78. The van der Waals surface area contributed by atoms with Crippen molar-refractivity contribution in [3.05, 3.63) is 30.3 Å². The number of unbranched alkanes of at least 4 members (excludes halogenated alkanes) is 1. The van der Waals surface area contributed by atoms with Crippen LogP contribution in [0.3, 0.4) is 0 Å². The number of nitrogens with one attached hydrogen (secondary N) is 1. The standard InChI is InChI=1S/C12H19NSe/c1-2-3-9-13-10-11-14-12-7-5-4-6-8-12/h4-8,13H,2-3,9-11H2,1H3. The molecule has 0 aliphatic heterocycles. The van der Waals surface area contributed by atoms with E-state index in [0.717, 1.165) is 0 Å². The Balaban J connectivity index is 1.99. The summed E-state index contributed by atoms with van der Waals surface area (Å²) in [6.45, 7) is 4.59. The van der Waals surface area contributed by atoms with E-state index in [1.807, 2.05) is 0 Å².